The van der Waals surface area contributed by atoms with Crippen LogP contribution in [0.2, 0.25) is 0 Å². The number of rotatable bonds is 36. The molecule has 346 valence electrons. The second kappa shape index (κ2) is 35.6. The Kier molecular flexibility index (Phi) is 33.2. The second-order valence-electron chi connectivity index (χ2n) is 18.2. The van der Waals surface area contributed by atoms with Crippen LogP contribution in [0.1, 0.15) is 241 Å². The number of ether oxygens (including phenoxy) is 4. The number of thioether (sulfide) groups is 1. The minimum absolute atomic E-state index is 0.0370. The van der Waals surface area contributed by atoms with E-state index in [9.17, 15) is 19.2 Å². The van der Waals surface area contributed by atoms with Crippen LogP contribution in [0.25, 0.3) is 0 Å². The predicted molar refractivity (Wildman–Crippen MR) is 245 cm³/mol. The van der Waals surface area contributed by atoms with Crippen molar-refractivity contribution in [1.82, 2.24) is 4.90 Å². The van der Waals surface area contributed by atoms with Gasteiger partial charge in [-0.2, -0.15) is 0 Å². The third-order valence-electron chi connectivity index (χ3n) is 11.3. The number of piperidine rings is 1. The highest BCUT2D eigenvalue weighted by atomic mass is 32.2. The lowest BCUT2D eigenvalue weighted by atomic mass is 10.0. The summed E-state index contributed by atoms with van der Waals surface area (Å²) < 4.78 is 23.3. The molecule has 0 aromatic carbocycles. The number of likely N-dealkylation sites (tertiary alicyclic amines) is 1. The van der Waals surface area contributed by atoms with E-state index in [4.69, 9.17) is 18.9 Å². The molecule has 0 saturated carbocycles. The molecule has 0 atom stereocenters. The van der Waals surface area contributed by atoms with Crippen LogP contribution in [-0.2, 0) is 33.3 Å². The van der Waals surface area contributed by atoms with Crippen LogP contribution in [0, 0.1) is 0 Å². The number of esters is 3. The number of carbonyl (C=O) groups excluding carboxylic acids is 4. The summed E-state index contributed by atoms with van der Waals surface area (Å²) in [6.07, 6.45) is 29.7. The molecule has 0 bridgehead atoms. The molecule has 0 aliphatic carbocycles. The molecule has 0 spiro atoms. The van der Waals surface area contributed by atoms with Crippen molar-refractivity contribution in [1.29, 1.82) is 0 Å². The van der Waals surface area contributed by atoms with E-state index in [1.165, 1.54) is 0 Å². The maximum atomic E-state index is 13.1. The Bertz CT molecular complexity index is 1010. The SMILES string of the molecule is CCCCC(CCCC)OC(=O)CCCCCCCCC(CCCCCCCCC(=O)OC(CCCC)CCCC)OC(=O)CSC1CCN(C(=O)OC(C)(C)C)CC1. The second-order valence-corrected chi connectivity index (χ2v) is 19.5. The third-order valence-corrected chi connectivity index (χ3v) is 12.6. The summed E-state index contributed by atoms with van der Waals surface area (Å²) >= 11 is 1.66. The molecule has 1 aliphatic rings. The molecule has 0 radical (unpaired) electrons. The highest BCUT2D eigenvalue weighted by Crippen LogP contribution is 2.26. The summed E-state index contributed by atoms with van der Waals surface area (Å²) in [6.45, 7) is 15.7. The van der Waals surface area contributed by atoms with Crippen molar-refractivity contribution < 1.29 is 38.1 Å². The first-order valence-electron chi connectivity index (χ1n) is 24.6. The number of unbranched alkanes of at least 4 members (excludes halogenated alkanes) is 14. The number of hydrogen-bond donors (Lipinski definition) is 0. The van der Waals surface area contributed by atoms with E-state index in [2.05, 4.69) is 27.7 Å². The van der Waals surface area contributed by atoms with Gasteiger partial charge in [0.2, 0.25) is 0 Å². The first kappa shape index (κ1) is 55.0. The Labute approximate surface area is 366 Å². The summed E-state index contributed by atoms with van der Waals surface area (Å²) in [5.74, 6) is 0.135. The molecule has 9 nitrogen and oxygen atoms in total. The molecule has 1 rings (SSSR count). The molecule has 0 aromatic heterocycles. The van der Waals surface area contributed by atoms with E-state index in [0.29, 0.717) is 36.9 Å². The highest BCUT2D eigenvalue weighted by molar-refractivity contribution is 8.00. The van der Waals surface area contributed by atoms with E-state index < -0.39 is 5.60 Å². The smallest absolute Gasteiger partial charge is 0.410 e. The molecule has 1 saturated heterocycles. The summed E-state index contributed by atoms with van der Waals surface area (Å²) in [4.78, 5) is 52.3. The van der Waals surface area contributed by atoms with Gasteiger partial charge in [-0.05, 0) is 97.8 Å². The van der Waals surface area contributed by atoms with Gasteiger partial charge in [-0.1, -0.05) is 130 Å². The maximum Gasteiger partial charge on any atom is 0.410 e. The summed E-state index contributed by atoms with van der Waals surface area (Å²) in [6, 6.07) is 0. The van der Waals surface area contributed by atoms with Crippen LogP contribution in [0.5, 0.6) is 0 Å². The standard InChI is InChI=1S/C49H91NO8S/c1-8-12-28-41(29-13-9-2)55-45(51)34-26-22-18-16-20-24-32-43(57-47(53)40-59-44-36-38-50(39-37-44)48(54)58-49(5,6)7)33-25-21-17-19-23-27-35-46(52)56-42(30-14-10-3)31-15-11-4/h41-44H,8-40H2,1-7H3. The molecule has 1 heterocycles. The fraction of sp³-hybridized carbons (Fsp3) is 0.918. The monoisotopic (exact) mass is 854 g/mol. The number of nitrogens with zero attached hydrogens (tertiary/aromatic N) is 1. The van der Waals surface area contributed by atoms with Crippen LogP contribution >= 0.6 is 11.8 Å². The molecule has 0 unspecified atom stereocenters. The van der Waals surface area contributed by atoms with E-state index in [1.807, 2.05) is 20.8 Å². The maximum absolute atomic E-state index is 13.1. The van der Waals surface area contributed by atoms with Crippen LogP contribution in [-0.4, -0.2) is 76.9 Å². The van der Waals surface area contributed by atoms with Gasteiger partial charge in [0.15, 0.2) is 0 Å². The van der Waals surface area contributed by atoms with Crippen molar-refractivity contribution in [2.75, 3.05) is 18.8 Å². The normalized spacial score (nSPS) is 13.7. The van der Waals surface area contributed by atoms with Gasteiger partial charge in [0.25, 0.3) is 0 Å². The lowest BCUT2D eigenvalue weighted by Gasteiger charge is -2.33. The number of amides is 1. The summed E-state index contributed by atoms with van der Waals surface area (Å²) in [7, 11) is 0. The van der Waals surface area contributed by atoms with Crippen LogP contribution in [0.15, 0.2) is 0 Å². The van der Waals surface area contributed by atoms with Gasteiger partial charge in [0.05, 0.1) is 5.75 Å². The van der Waals surface area contributed by atoms with Crippen molar-refractivity contribution in [3.8, 4) is 0 Å². The van der Waals surface area contributed by atoms with E-state index in [1.54, 1.807) is 16.7 Å². The largest absolute Gasteiger partial charge is 0.462 e. The van der Waals surface area contributed by atoms with Crippen LogP contribution in [0.3, 0.4) is 0 Å². The lowest BCUT2D eigenvalue weighted by Crippen LogP contribution is -2.42. The Balaban J connectivity index is 2.45. The quantitative estimate of drug-likeness (QED) is 0.0346. The molecular weight excluding hydrogens is 763 g/mol. The fourth-order valence-corrected chi connectivity index (χ4v) is 8.62. The van der Waals surface area contributed by atoms with Crippen molar-refractivity contribution in [2.24, 2.45) is 0 Å². The highest BCUT2D eigenvalue weighted by Gasteiger charge is 2.28. The number of carbonyl (C=O) groups is 4. The Morgan fingerprint density at radius 2 is 0.847 bits per heavy atom. The minimum Gasteiger partial charge on any atom is -0.462 e. The van der Waals surface area contributed by atoms with Crippen molar-refractivity contribution >= 4 is 35.8 Å². The van der Waals surface area contributed by atoms with Gasteiger partial charge < -0.3 is 23.8 Å². The first-order chi connectivity index (χ1) is 28.4. The minimum atomic E-state index is -0.506. The third kappa shape index (κ3) is 31.5. The zero-order valence-electron chi connectivity index (χ0n) is 39.3. The Morgan fingerprint density at radius 3 is 1.22 bits per heavy atom. The van der Waals surface area contributed by atoms with Gasteiger partial charge in [0.1, 0.15) is 23.9 Å². The van der Waals surface area contributed by atoms with Crippen molar-refractivity contribution in [3.63, 3.8) is 0 Å². The van der Waals surface area contributed by atoms with Gasteiger partial charge in [-0.25, -0.2) is 4.79 Å². The fourth-order valence-electron chi connectivity index (χ4n) is 7.64. The molecule has 10 heteroatoms. The zero-order chi connectivity index (χ0) is 43.6. The van der Waals surface area contributed by atoms with Crippen molar-refractivity contribution in [3.05, 3.63) is 0 Å². The Hall–Kier alpha value is -1.97. The molecule has 1 fully saturated rings. The molecule has 0 aromatic rings. The van der Waals surface area contributed by atoms with Gasteiger partial charge >= 0.3 is 24.0 Å². The lowest BCUT2D eigenvalue weighted by molar-refractivity contribution is -0.151. The van der Waals surface area contributed by atoms with E-state index in [-0.39, 0.29) is 42.3 Å². The molecule has 1 aliphatic heterocycles. The summed E-state index contributed by atoms with van der Waals surface area (Å²) in [5.41, 5.74) is -0.506. The topological polar surface area (TPSA) is 108 Å². The van der Waals surface area contributed by atoms with E-state index in [0.717, 1.165) is 180 Å². The van der Waals surface area contributed by atoms with Crippen LogP contribution < -0.4 is 0 Å². The molecule has 1 amide bonds. The predicted octanol–water partition coefficient (Wildman–Crippen LogP) is 13.9. The summed E-state index contributed by atoms with van der Waals surface area (Å²) in [5, 5.41) is 0.329. The molecule has 0 N–H and O–H groups in total. The molecular formula is C49H91NO8S. The Morgan fingerprint density at radius 1 is 0.508 bits per heavy atom. The van der Waals surface area contributed by atoms with Gasteiger partial charge in [-0.3, -0.25) is 14.4 Å². The van der Waals surface area contributed by atoms with Gasteiger partial charge in [0, 0.05) is 31.2 Å². The van der Waals surface area contributed by atoms with Crippen LogP contribution in [0.4, 0.5) is 4.79 Å². The average Bonchev–Trinajstić information content (AvgIpc) is 3.20. The van der Waals surface area contributed by atoms with Gasteiger partial charge in [-0.15, -0.1) is 11.8 Å². The number of hydrogen-bond acceptors (Lipinski definition) is 9. The molecule has 59 heavy (non-hydrogen) atoms. The van der Waals surface area contributed by atoms with E-state index >= 15 is 0 Å². The zero-order valence-corrected chi connectivity index (χ0v) is 40.1. The van der Waals surface area contributed by atoms with Crippen molar-refractivity contribution in [2.45, 2.75) is 270 Å². The average molecular weight is 854 g/mol. The first-order valence-corrected chi connectivity index (χ1v) is 25.6.